The largest absolute Gasteiger partial charge is 0.480 e. The van der Waals surface area contributed by atoms with Crippen molar-refractivity contribution in [2.75, 3.05) is 47.4 Å². The predicted octanol–water partition coefficient (Wildman–Crippen LogP) is 4.41. The van der Waals surface area contributed by atoms with Crippen LogP contribution in [0.25, 0.3) is 0 Å². The second kappa shape index (κ2) is 19.8. The fourth-order valence-corrected chi connectivity index (χ4v) is 9.87. The molecule has 0 aromatic carbocycles. The molecule has 10 atom stereocenters. The monoisotopic (exact) mass is 947 g/mol. The zero-order valence-corrected chi connectivity index (χ0v) is 44.5. The van der Waals surface area contributed by atoms with Crippen LogP contribution in [0.2, 0.25) is 0 Å². The van der Waals surface area contributed by atoms with Crippen molar-refractivity contribution in [2.45, 2.75) is 161 Å². The molecule has 0 radical (unpaired) electrons. The van der Waals surface area contributed by atoms with Crippen LogP contribution in [0, 0.1) is 56.2 Å². The van der Waals surface area contributed by atoms with Gasteiger partial charge in [-0.05, 0) is 44.3 Å². The van der Waals surface area contributed by atoms with Crippen molar-refractivity contribution in [1.29, 1.82) is 0 Å². The van der Waals surface area contributed by atoms with Crippen molar-refractivity contribution in [2.24, 2.45) is 56.2 Å². The number of methoxy groups -OCH3 is 1. The van der Waals surface area contributed by atoms with Gasteiger partial charge in [-0.1, -0.05) is 111 Å². The van der Waals surface area contributed by atoms with Gasteiger partial charge in [-0.15, -0.1) is 0 Å². The van der Waals surface area contributed by atoms with Gasteiger partial charge in [0.15, 0.2) is 0 Å². The van der Waals surface area contributed by atoms with E-state index < -0.39 is 59.0 Å². The molecule has 4 aliphatic rings. The lowest BCUT2D eigenvalue weighted by atomic mass is 9.85. The fourth-order valence-electron chi connectivity index (χ4n) is 9.87. The van der Waals surface area contributed by atoms with Gasteiger partial charge in [0.05, 0.1) is 19.2 Å². The Morgan fingerprint density at radius 2 is 0.896 bits per heavy atom. The van der Waals surface area contributed by atoms with Gasteiger partial charge < -0.3 is 50.7 Å². The highest BCUT2D eigenvalue weighted by molar-refractivity contribution is 5.93. The molecule has 67 heavy (non-hydrogen) atoms. The lowest BCUT2D eigenvalue weighted by Gasteiger charge is -2.38. The highest BCUT2D eigenvalue weighted by atomic mass is 16.5. The Hall–Kier alpha value is -4.64. The second-order valence-electron chi connectivity index (χ2n) is 25.1. The number of hydrogen-bond acceptors (Lipinski definition) is 9. The van der Waals surface area contributed by atoms with E-state index >= 15 is 0 Å². The average molecular weight is 947 g/mol. The molecule has 0 bridgehead atoms. The number of esters is 1. The zero-order valence-electron chi connectivity index (χ0n) is 44.5. The molecule has 0 aromatic rings. The van der Waals surface area contributed by atoms with E-state index in [0.29, 0.717) is 26.2 Å². The van der Waals surface area contributed by atoms with Crippen LogP contribution in [0.15, 0.2) is 0 Å². The molecule has 18 nitrogen and oxygen atoms in total. The molecule has 8 amide bonds. The third kappa shape index (κ3) is 12.9. The number of likely N-dealkylation sites (N-methyl/N-ethyl adjacent to an activating group) is 2. The highest BCUT2D eigenvalue weighted by Crippen LogP contribution is 2.66. The summed E-state index contributed by atoms with van der Waals surface area (Å²) in [6.45, 7) is 35.8. The molecule has 4 rings (SSSR count). The van der Waals surface area contributed by atoms with Crippen LogP contribution >= 0.6 is 0 Å². The summed E-state index contributed by atoms with van der Waals surface area (Å²) in [7, 11) is 4.70. The number of carboxylic acids is 1. The summed E-state index contributed by atoms with van der Waals surface area (Å²) >= 11 is 0. The summed E-state index contributed by atoms with van der Waals surface area (Å²) in [6, 6.07) is -4.94. The van der Waals surface area contributed by atoms with E-state index in [1.807, 2.05) is 96.9 Å². The molecule has 2 saturated heterocycles. The first-order chi connectivity index (χ1) is 30.1. The molecule has 0 aromatic heterocycles. The quantitative estimate of drug-likeness (QED) is 0.173. The van der Waals surface area contributed by atoms with Gasteiger partial charge in [0.2, 0.25) is 23.6 Å². The number of carbonyl (C=O) groups is 8. The second-order valence-corrected chi connectivity index (χ2v) is 25.1. The van der Waals surface area contributed by atoms with Gasteiger partial charge in [0.25, 0.3) is 0 Å². The van der Waals surface area contributed by atoms with Crippen LogP contribution in [0.4, 0.5) is 9.59 Å². The number of ether oxygens (including phenoxy) is 1. The molecule has 2 aliphatic heterocycles. The van der Waals surface area contributed by atoms with Gasteiger partial charge in [-0.25, -0.2) is 19.2 Å². The minimum absolute atomic E-state index is 0.0136. The van der Waals surface area contributed by atoms with Crippen LogP contribution in [0.5, 0.6) is 0 Å². The number of nitrogens with zero attached hydrogens (tertiary/aromatic N) is 4. The van der Waals surface area contributed by atoms with Crippen LogP contribution in [-0.4, -0.2) is 156 Å². The van der Waals surface area contributed by atoms with Gasteiger partial charge in [-0.3, -0.25) is 19.2 Å². The number of rotatable bonds is 12. The number of hydrogen-bond donors (Lipinski definition) is 5. The number of nitrogens with one attached hydrogen (secondary N) is 4. The molecule has 18 heteroatoms. The summed E-state index contributed by atoms with van der Waals surface area (Å²) in [5.74, 6) is -1.89. The lowest BCUT2D eigenvalue weighted by molar-refractivity contribution is -0.154. The van der Waals surface area contributed by atoms with E-state index in [1.54, 1.807) is 23.9 Å². The van der Waals surface area contributed by atoms with Gasteiger partial charge >= 0.3 is 24.0 Å². The van der Waals surface area contributed by atoms with Crippen LogP contribution in [0.3, 0.4) is 0 Å². The Morgan fingerprint density at radius 3 is 1.16 bits per heavy atom. The zero-order chi connectivity index (χ0) is 52.1. The fraction of sp³-hybridized carbons (Fsp3) is 0.837. The van der Waals surface area contributed by atoms with Crippen molar-refractivity contribution < 1.29 is 48.2 Å². The summed E-state index contributed by atoms with van der Waals surface area (Å²) < 4.78 is 5.03. The van der Waals surface area contributed by atoms with Gasteiger partial charge in [-0.2, -0.15) is 0 Å². The molecule has 0 spiro atoms. The molecule has 2 aliphatic carbocycles. The first kappa shape index (κ1) is 56.7. The maximum atomic E-state index is 13.7. The number of likely N-dealkylation sites (tertiary alicyclic amines) is 2. The minimum Gasteiger partial charge on any atom is -0.480 e. The topological polar surface area (TPSA) is 227 Å². The molecular formula is C49H86N8O10. The van der Waals surface area contributed by atoms with Crippen molar-refractivity contribution >= 4 is 47.6 Å². The van der Waals surface area contributed by atoms with Crippen LogP contribution < -0.4 is 21.3 Å². The molecule has 0 unspecified atom stereocenters. The summed E-state index contributed by atoms with van der Waals surface area (Å²) in [6.07, 6.45) is 0. The van der Waals surface area contributed by atoms with E-state index in [1.165, 1.54) is 30.8 Å². The van der Waals surface area contributed by atoms with Crippen molar-refractivity contribution in [3.05, 3.63) is 0 Å². The Bertz CT molecular complexity index is 1910. The maximum absolute atomic E-state index is 13.7. The average Bonchev–Trinajstić information content (AvgIpc) is 3.63. The molecule has 2 heterocycles. The molecule has 2 saturated carbocycles. The summed E-state index contributed by atoms with van der Waals surface area (Å²) in [5, 5.41) is 21.4. The number of carboxylic acid groups (broad SMARTS) is 1. The number of fused-ring (bicyclic) bond motifs is 2. The SMILES string of the molecule is CC(=O)N(C)C[C@@H](NC(=O)N[C@H](C(=O)N1C[C@H]2[C@@H]([C@H]1C(=O)O)C2(C)C)C(C)(C)C)C(C)(C)C.COC(=O)[C@@H]1[C@@H]2[C@H](CN1C(=O)[C@@H](NC(=O)N[C@H](CN(C)C(C)=O)C(C)(C)C)C(C)(C)C)C2(C)C. The Labute approximate surface area is 400 Å². The van der Waals surface area contributed by atoms with Crippen LogP contribution in [-0.2, 0) is 33.5 Å². The Balaban J connectivity index is 0.000000355. The highest BCUT2D eigenvalue weighted by Gasteiger charge is 2.71. The Kier molecular flexibility index (Phi) is 16.7. The standard InChI is InChI=1S/C25H44N4O5.C24H42N4O5/c1-14(30)28(10)13-16(23(2,3)4)26-22(33)27-19(24(5,6)7)20(31)29-12-15-17(25(15,8)9)18(29)21(32)34-11;1-13(29)27(10)12-15(22(2,3)4)25-21(33)26-18(23(5,6)7)19(30)28-11-14-16(24(14,8)9)17(28)20(31)32/h15-19H,12-13H2,1-11H3,(H2,26,27,33);14-18H,11-12H2,1-10H3,(H,31,32)(H2,25,26,33)/t15-,16+,17-,18-,19+;14-,15+,16-,17-,18+/m00/s1. The number of carbonyl (C=O) groups excluding carboxylic acids is 7. The Morgan fingerprint density at radius 1 is 0.582 bits per heavy atom. The number of aliphatic carboxylic acids is 1. The number of amides is 8. The first-order valence-corrected chi connectivity index (χ1v) is 23.6. The van der Waals surface area contributed by atoms with E-state index in [2.05, 4.69) is 35.1 Å². The van der Waals surface area contributed by atoms with Gasteiger partial charge in [0, 0.05) is 66.0 Å². The molecular weight excluding hydrogens is 861 g/mol. The third-order valence-electron chi connectivity index (χ3n) is 15.1. The number of urea groups is 2. The molecule has 382 valence electrons. The molecule has 5 N–H and O–H groups in total. The predicted molar refractivity (Wildman–Crippen MR) is 255 cm³/mol. The van der Waals surface area contributed by atoms with E-state index in [9.17, 15) is 43.5 Å². The smallest absolute Gasteiger partial charge is 0.328 e. The maximum Gasteiger partial charge on any atom is 0.328 e. The summed E-state index contributed by atoms with van der Waals surface area (Å²) in [5.41, 5.74) is -1.98. The first-order valence-electron chi connectivity index (χ1n) is 23.6. The van der Waals surface area contributed by atoms with Crippen LogP contribution in [0.1, 0.15) is 125 Å². The van der Waals surface area contributed by atoms with E-state index in [-0.39, 0.29) is 81.0 Å². The molecule has 4 fully saturated rings. The summed E-state index contributed by atoms with van der Waals surface area (Å²) in [4.78, 5) is 108. The van der Waals surface area contributed by atoms with E-state index in [4.69, 9.17) is 4.74 Å². The normalized spacial score (nSPS) is 25.3. The van der Waals surface area contributed by atoms with Crippen molar-refractivity contribution in [1.82, 2.24) is 40.9 Å². The van der Waals surface area contributed by atoms with Crippen molar-refractivity contribution in [3.8, 4) is 0 Å². The van der Waals surface area contributed by atoms with Gasteiger partial charge in [0.1, 0.15) is 24.2 Å². The third-order valence-corrected chi connectivity index (χ3v) is 15.1. The number of piperidine rings is 2. The minimum atomic E-state index is -1.00. The lowest BCUT2D eigenvalue weighted by Crippen LogP contribution is -2.61. The van der Waals surface area contributed by atoms with E-state index in [0.717, 1.165) is 0 Å². The van der Waals surface area contributed by atoms with Crippen molar-refractivity contribution in [3.63, 3.8) is 0 Å².